The summed E-state index contributed by atoms with van der Waals surface area (Å²) in [6.45, 7) is 2.71. The largest absolute Gasteiger partial charge is 0.492 e. The van der Waals surface area contributed by atoms with Gasteiger partial charge in [-0.25, -0.2) is 15.8 Å². The summed E-state index contributed by atoms with van der Waals surface area (Å²) in [6, 6.07) is 9.93. The molecule has 1 unspecified atom stereocenters. The number of hydrogen-bond acceptors (Lipinski definition) is 5. The van der Waals surface area contributed by atoms with E-state index in [0.29, 0.717) is 12.4 Å². The van der Waals surface area contributed by atoms with Crippen LogP contribution in [0.1, 0.15) is 36.3 Å². The van der Waals surface area contributed by atoms with Crippen molar-refractivity contribution in [2.24, 2.45) is 5.84 Å². The number of nitrogens with one attached hydrogen (secondary N) is 1. The minimum Gasteiger partial charge on any atom is -0.492 e. The van der Waals surface area contributed by atoms with Gasteiger partial charge in [0.1, 0.15) is 24.0 Å². The predicted octanol–water partition coefficient (Wildman–Crippen LogP) is 2.24. The molecule has 0 bridgehead atoms. The van der Waals surface area contributed by atoms with E-state index in [0.717, 1.165) is 35.7 Å². The lowest BCUT2D eigenvalue weighted by atomic mass is 10.0. The molecule has 20 heavy (non-hydrogen) atoms. The average molecular weight is 270 g/mol. The van der Waals surface area contributed by atoms with Gasteiger partial charge in [-0.2, -0.15) is 0 Å². The van der Waals surface area contributed by atoms with Gasteiger partial charge in [0.05, 0.1) is 5.92 Å². The fourth-order valence-electron chi connectivity index (χ4n) is 2.51. The molecule has 0 aliphatic carbocycles. The molecule has 2 heterocycles. The van der Waals surface area contributed by atoms with Gasteiger partial charge in [-0.3, -0.25) is 0 Å². The SMILES string of the molecule is CCCc1cc(NN)nc(C2COc3ccccc32)n1. The summed E-state index contributed by atoms with van der Waals surface area (Å²) in [7, 11) is 0. The lowest BCUT2D eigenvalue weighted by molar-refractivity contribution is 0.339. The highest BCUT2D eigenvalue weighted by molar-refractivity contribution is 5.44. The first kappa shape index (κ1) is 12.9. The number of hydrazine groups is 1. The summed E-state index contributed by atoms with van der Waals surface area (Å²) in [5.41, 5.74) is 4.77. The molecule has 0 fully saturated rings. The van der Waals surface area contributed by atoms with E-state index < -0.39 is 0 Å². The Labute approximate surface area is 118 Å². The number of hydrogen-bond donors (Lipinski definition) is 2. The van der Waals surface area contributed by atoms with Gasteiger partial charge in [0, 0.05) is 17.3 Å². The summed E-state index contributed by atoms with van der Waals surface area (Å²) >= 11 is 0. The minimum atomic E-state index is 0.0788. The molecule has 0 amide bonds. The first-order valence-corrected chi connectivity index (χ1v) is 6.88. The maximum Gasteiger partial charge on any atom is 0.143 e. The smallest absolute Gasteiger partial charge is 0.143 e. The van der Waals surface area contributed by atoms with Gasteiger partial charge in [-0.1, -0.05) is 31.5 Å². The highest BCUT2D eigenvalue weighted by atomic mass is 16.5. The van der Waals surface area contributed by atoms with Gasteiger partial charge >= 0.3 is 0 Å². The van der Waals surface area contributed by atoms with Crippen molar-refractivity contribution in [2.75, 3.05) is 12.0 Å². The second kappa shape index (κ2) is 5.46. The first-order valence-electron chi connectivity index (χ1n) is 6.88. The zero-order chi connectivity index (χ0) is 13.9. The topological polar surface area (TPSA) is 73.1 Å². The number of benzene rings is 1. The van der Waals surface area contributed by atoms with Gasteiger partial charge in [-0.15, -0.1) is 0 Å². The number of nitrogens with two attached hydrogens (primary N) is 1. The van der Waals surface area contributed by atoms with Crippen molar-refractivity contribution in [3.05, 3.63) is 47.4 Å². The maximum absolute atomic E-state index is 5.71. The number of aromatic nitrogens is 2. The molecule has 0 saturated heterocycles. The van der Waals surface area contributed by atoms with Crippen molar-refractivity contribution >= 4 is 5.82 Å². The van der Waals surface area contributed by atoms with E-state index in [1.807, 2.05) is 24.3 Å². The molecule has 1 aromatic heterocycles. The lowest BCUT2D eigenvalue weighted by Gasteiger charge is -2.11. The number of nitrogens with zero attached hydrogens (tertiary/aromatic N) is 2. The van der Waals surface area contributed by atoms with Crippen LogP contribution in [-0.2, 0) is 6.42 Å². The minimum absolute atomic E-state index is 0.0788. The van der Waals surface area contributed by atoms with Crippen LogP contribution >= 0.6 is 0 Å². The zero-order valence-corrected chi connectivity index (χ0v) is 11.5. The third-order valence-corrected chi connectivity index (χ3v) is 3.46. The molecule has 104 valence electrons. The van der Waals surface area contributed by atoms with Gasteiger partial charge in [0.25, 0.3) is 0 Å². The molecule has 5 nitrogen and oxygen atoms in total. The second-order valence-electron chi connectivity index (χ2n) is 4.90. The fraction of sp³-hybridized carbons (Fsp3) is 0.333. The highest BCUT2D eigenvalue weighted by Crippen LogP contribution is 2.36. The molecule has 2 aromatic rings. The van der Waals surface area contributed by atoms with E-state index in [2.05, 4.69) is 28.4 Å². The quantitative estimate of drug-likeness (QED) is 0.658. The molecule has 1 atom stereocenters. The normalized spacial score (nSPS) is 16.6. The van der Waals surface area contributed by atoms with E-state index >= 15 is 0 Å². The molecule has 0 radical (unpaired) electrons. The van der Waals surface area contributed by atoms with Crippen molar-refractivity contribution < 1.29 is 4.74 Å². The van der Waals surface area contributed by atoms with Crippen LogP contribution in [0.5, 0.6) is 5.75 Å². The third kappa shape index (κ3) is 2.32. The van der Waals surface area contributed by atoms with Crippen molar-refractivity contribution in [3.8, 4) is 5.75 Å². The molecular formula is C15H18N4O. The molecule has 5 heteroatoms. The molecule has 0 saturated carbocycles. The molecular weight excluding hydrogens is 252 g/mol. The standard InChI is InChI=1S/C15H18N4O/c1-2-5-10-8-14(19-16)18-15(17-10)12-9-20-13-7-4-3-6-11(12)13/h3-4,6-8,12H,2,5,9,16H2,1H3,(H,17,18,19). The monoisotopic (exact) mass is 270 g/mol. The molecule has 3 N–H and O–H groups in total. The van der Waals surface area contributed by atoms with Gasteiger partial charge in [0.2, 0.25) is 0 Å². The number of nitrogen functional groups attached to an aromatic ring is 1. The summed E-state index contributed by atoms with van der Waals surface area (Å²) < 4.78 is 5.71. The maximum atomic E-state index is 5.71. The zero-order valence-electron chi connectivity index (χ0n) is 11.5. The van der Waals surface area contributed by atoms with Crippen LogP contribution in [0.2, 0.25) is 0 Å². The average Bonchev–Trinajstić information content (AvgIpc) is 2.91. The first-order chi connectivity index (χ1) is 9.81. The lowest BCUT2D eigenvalue weighted by Crippen LogP contribution is -2.15. The van der Waals surface area contributed by atoms with Gasteiger partial charge < -0.3 is 10.2 Å². The van der Waals surface area contributed by atoms with E-state index in [-0.39, 0.29) is 5.92 Å². The van der Waals surface area contributed by atoms with Crippen LogP contribution in [0.3, 0.4) is 0 Å². The fourth-order valence-corrected chi connectivity index (χ4v) is 2.51. The van der Waals surface area contributed by atoms with E-state index in [1.165, 1.54) is 0 Å². The summed E-state index contributed by atoms with van der Waals surface area (Å²) in [6.07, 6.45) is 1.96. The van der Waals surface area contributed by atoms with Crippen molar-refractivity contribution in [1.29, 1.82) is 0 Å². The van der Waals surface area contributed by atoms with Crippen LogP contribution in [-0.4, -0.2) is 16.6 Å². The van der Waals surface area contributed by atoms with Crippen molar-refractivity contribution in [3.63, 3.8) is 0 Å². The molecule has 1 aliphatic heterocycles. The van der Waals surface area contributed by atoms with Crippen molar-refractivity contribution in [1.82, 2.24) is 9.97 Å². The van der Waals surface area contributed by atoms with Crippen LogP contribution in [0.25, 0.3) is 0 Å². The Bertz CT molecular complexity index is 615. The highest BCUT2D eigenvalue weighted by Gasteiger charge is 2.28. The third-order valence-electron chi connectivity index (χ3n) is 3.46. The summed E-state index contributed by atoms with van der Waals surface area (Å²) in [4.78, 5) is 9.15. The van der Waals surface area contributed by atoms with E-state index in [1.54, 1.807) is 0 Å². The Morgan fingerprint density at radius 2 is 2.20 bits per heavy atom. The van der Waals surface area contributed by atoms with Crippen LogP contribution in [0.4, 0.5) is 5.82 Å². The Balaban J connectivity index is 2.00. The van der Waals surface area contributed by atoms with Crippen LogP contribution in [0, 0.1) is 0 Å². The Hall–Kier alpha value is -2.14. The predicted molar refractivity (Wildman–Crippen MR) is 77.6 cm³/mol. The number of rotatable bonds is 4. The Morgan fingerprint density at radius 1 is 1.35 bits per heavy atom. The van der Waals surface area contributed by atoms with Crippen LogP contribution in [0.15, 0.2) is 30.3 Å². The van der Waals surface area contributed by atoms with Crippen molar-refractivity contribution in [2.45, 2.75) is 25.7 Å². The number of aryl methyl sites for hydroxylation is 1. The molecule has 0 spiro atoms. The molecule has 1 aromatic carbocycles. The summed E-state index contributed by atoms with van der Waals surface area (Å²) in [5.74, 6) is 7.93. The van der Waals surface area contributed by atoms with E-state index in [4.69, 9.17) is 10.6 Å². The molecule has 3 rings (SSSR count). The Kier molecular flexibility index (Phi) is 3.52. The number of para-hydroxylation sites is 1. The summed E-state index contributed by atoms with van der Waals surface area (Å²) in [5, 5.41) is 0. The van der Waals surface area contributed by atoms with Crippen LogP contribution < -0.4 is 16.0 Å². The second-order valence-corrected chi connectivity index (χ2v) is 4.90. The Morgan fingerprint density at radius 3 is 3.00 bits per heavy atom. The number of fused-ring (bicyclic) bond motifs is 1. The van der Waals surface area contributed by atoms with Gasteiger partial charge in [0.15, 0.2) is 0 Å². The molecule has 1 aliphatic rings. The van der Waals surface area contributed by atoms with E-state index in [9.17, 15) is 0 Å². The van der Waals surface area contributed by atoms with Gasteiger partial charge in [-0.05, 0) is 12.5 Å². The number of ether oxygens (including phenoxy) is 1. The number of anilines is 1.